The van der Waals surface area contributed by atoms with Gasteiger partial charge in [0.25, 0.3) is 0 Å². The van der Waals surface area contributed by atoms with Crippen LogP contribution in [0.15, 0.2) is 30.3 Å². The summed E-state index contributed by atoms with van der Waals surface area (Å²) in [5.74, 6) is 0. The van der Waals surface area contributed by atoms with Crippen LogP contribution in [0.2, 0.25) is 0 Å². The van der Waals surface area contributed by atoms with Crippen LogP contribution in [0.3, 0.4) is 0 Å². The smallest absolute Gasteiger partial charge is 0 e. The van der Waals surface area contributed by atoms with E-state index in [2.05, 4.69) is 16.0 Å². The summed E-state index contributed by atoms with van der Waals surface area (Å²) in [4.78, 5) is 0. The molecule has 0 amide bonds. The van der Waals surface area contributed by atoms with E-state index in [1.54, 1.807) is 42.3 Å². The Kier molecular flexibility index (Phi) is 283. The molecule has 0 aromatic heterocycles. The molecule has 0 bridgehead atoms. The molecule has 0 aliphatic heterocycles. The van der Waals surface area contributed by atoms with Crippen molar-refractivity contribution in [2.75, 3.05) is 42.3 Å². The van der Waals surface area contributed by atoms with Crippen LogP contribution in [0.25, 0.3) is 16.0 Å². The molecule has 0 heterocycles. The van der Waals surface area contributed by atoms with E-state index in [0.717, 1.165) is 0 Å². The number of rotatable bonds is 0. The molecule has 1 aromatic carbocycles. The summed E-state index contributed by atoms with van der Waals surface area (Å²) < 4.78 is 0. The van der Waals surface area contributed by atoms with Crippen LogP contribution in [0, 0.1) is 37.1 Å². The van der Waals surface area contributed by atoms with E-state index >= 15 is 0 Å². The molecule has 0 atom stereocenters. The van der Waals surface area contributed by atoms with Crippen LogP contribution in [0.5, 0.6) is 0 Å². The summed E-state index contributed by atoms with van der Waals surface area (Å²) in [5.41, 5.74) is 0. The molecule has 0 fully saturated rings. The normalized spacial score (nSPS) is 4.70. The molecular formula is C16H38N3Zr-9. The minimum Gasteiger partial charge on any atom is -0.668 e. The van der Waals surface area contributed by atoms with Crippen molar-refractivity contribution in [1.82, 2.24) is 0 Å². The molecule has 0 N–H and O–H groups in total. The van der Waals surface area contributed by atoms with Crippen LogP contribution in [0.4, 0.5) is 0 Å². The fourth-order valence-corrected chi connectivity index (χ4v) is 0.321. The topological polar surface area (TPSA) is 42.3 Å². The standard InChI is InChI=1S/C5H5.3C2H6N.5CH3.Zr/c1-2-4-5-3-1;3*1-3-2;;;;;;/h1-5H;3*1-2H3;5*1H3;/q9*-1;. The van der Waals surface area contributed by atoms with Crippen molar-refractivity contribution in [1.29, 1.82) is 0 Å². The molecule has 0 saturated heterocycles. The van der Waals surface area contributed by atoms with Crippen molar-refractivity contribution in [3.8, 4) is 0 Å². The number of nitrogens with zero attached hydrogens (tertiary/aromatic N) is 3. The van der Waals surface area contributed by atoms with E-state index in [1.807, 2.05) is 30.3 Å². The fourth-order valence-electron chi connectivity index (χ4n) is 0.321. The summed E-state index contributed by atoms with van der Waals surface area (Å²) >= 11 is 0. The van der Waals surface area contributed by atoms with Crippen LogP contribution < -0.4 is 0 Å². The van der Waals surface area contributed by atoms with Gasteiger partial charge < -0.3 is 53.1 Å². The van der Waals surface area contributed by atoms with Gasteiger partial charge in [-0.05, 0) is 0 Å². The van der Waals surface area contributed by atoms with E-state index in [-0.39, 0.29) is 63.3 Å². The van der Waals surface area contributed by atoms with Gasteiger partial charge in [0.05, 0.1) is 0 Å². The van der Waals surface area contributed by atoms with E-state index in [1.165, 1.54) is 0 Å². The number of hydrogen-bond donors (Lipinski definition) is 0. The molecule has 0 radical (unpaired) electrons. The monoisotopic (exact) mass is 362 g/mol. The summed E-state index contributed by atoms with van der Waals surface area (Å²) in [5, 5.41) is 10.5. The van der Waals surface area contributed by atoms with Gasteiger partial charge in [-0.2, -0.15) is 60.5 Å². The second-order valence-corrected chi connectivity index (χ2v) is 2.30. The van der Waals surface area contributed by atoms with Gasteiger partial charge in [-0.3, -0.25) is 0 Å². The van der Waals surface area contributed by atoms with Crippen molar-refractivity contribution in [2.45, 2.75) is 0 Å². The van der Waals surface area contributed by atoms with Gasteiger partial charge in [0.15, 0.2) is 0 Å². The Hall–Kier alpha value is 0.113. The van der Waals surface area contributed by atoms with Crippen LogP contribution >= 0.6 is 0 Å². The summed E-state index contributed by atoms with van der Waals surface area (Å²) in [6.45, 7) is 0. The molecule has 1 aromatic rings. The van der Waals surface area contributed by atoms with Crippen LogP contribution in [0.1, 0.15) is 0 Å². The molecule has 0 spiro atoms. The summed E-state index contributed by atoms with van der Waals surface area (Å²) in [7, 11) is 10.5. The third kappa shape index (κ3) is 203. The van der Waals surface area contributed by atoms with Gasteiger partial charge in [-0.15, -0.1) is 0 Å². The summed E-state index contributed by atoms with van der Waals surface area (Å²) in [6, 6.07) is 10.0. The Morgan fingerprint density at radius 3 is 0.750 bits per heavy atom. The average molecular weight is 364 g/mol. The molecule has 0 aliphatic rings. The van der Waals surface area contributed by atoms with Crippen molar-refractivity contribution < 1.29 is 26.2 Å². The predicted octanol–water partition coefficient (Wildman–Crippen LogP) is 5.51. The molecule has 0 aliphatic carbocycles. The van der Waals surface area contributed by atoms with Crippen molar-refractivity contribution in [3.63, 3.8) is 0 Å². The van der Waals surface area contributed by atoms with E-state index < -0.39 is 0 Å². The minimum atomic E-state index is 0. The van der Waals surface area contributed by atoms with Crippen molar-refractivity contribution in [2.24, 2.45) is 0 Å². The predicted molar refractivity (Wildman–Crippen MR) is 99.7 cm³/mol. The Balaban J connectivity index is -0.0000000108. The van der Waals surface area contributed by atoms with Gasteiger partial charge in [-0.1, -0.05) is 0 Å². The molecule has 20 heavy (non-hydrogen) atoms. The average Bonchev–Trinajstić information content (AvgIpc) is 2.63. The van der Waals surface area contributed by atoms with Crippen LogP contribution in [-0.2, 0) is 26.2 Å². The van der Waals surface area contributed by atoms with E-state index in [4.69, 9.17) is 0 Å². The molecule has 130 valence electrons. The maximum absolute atomic E-state index is 3.50. The molecule has 0 saturated carbocycles. The Bertz CT molecular complexity index is 101. The molecule has 4 heteroatoms. The SMILES string of the molecule is C[N-]C.C[N-]C.C[N-]C.[CH3-].[CH3-].[CH3-].[CH3-].[CH3-].[Zr].c1cc[cH-]c1. The fraction of sp³-hybridized carbons (Fsp3) is 0.375. The zero-order chi connectivity index (χ0) is 11.7. The molecule has 3 nitrogen and oxygen atoms in total. The Morgan fingerprint density at radius 2 is 0.700 bits per heavy atom. The molecule has 1 rings (SSSR count). The molecule has 0 unspecified atom stereocenters. The van der Waals surface area contributed by atoms with Crippen molar-refractivity contribution in [3.05, 3.63) is 83.4 Å². The third-order valence-electron chi connectivity index (χ3n) is 0.556. The minimum absolute atomic E-state index is 0. The maximum Gasteiger partial charge on any atom is 0 e. The van der Waals surface area contributed by atoms with Crippen molar-refractivity contribution >= 4 is 0 Å². The second kappa shape index (κ2) is 95.3. The van der Waals surface area contributed by atoms with Gasteiger partial charge in [0.1, 0.15) is 0 Å². The van der Waals surface area contributed by atoms with E-state index in [0.29, 0.717) is 0 Å². The zero-order valence-electron chi connectivity index (χ0n) is 15.7. The quantitative estimate of drug-likeness (QED) is 0.545. The van der Waals surface area contributed by atoms with Gasteiger partial charge in [0.2, 0.25) is 0 Å². The summed E-state index contributed by atoms with van der Waals surface area (Å²) in [6.07, 6.45) is 0. The largest absolute Gasteiger partial charge is 0.668 e. The second-order valence-electron chi connectivity index (χ2n) is 2.30. The first-order chi connectivity index (χ1) is 6.74. The zero-order valence-corrected chi connectivity index (χ0v) is 18.2. The van der Waals surface area contributed by atoms with E-state index in [9.17, 15) is 0 Å². The molecular weight excluding hydrogens is 325 g/mol. The Morgan fingerprint density at radius 1 is 0.550 bits per heavy atom. The van der Waals surface area contributed by atoms with Gasteiger partial charge in [0, 0.05) is 26.2 Å². The van der Waals surface area contributed by atoms with Gasteiger partial charge >= 0.3 is 0 Å². The Labute approximate surface area is 151 Å². The first-order valence-corrected chi connectivity index (χ1v) is 4.35. The first kappa shape index (κ1) is 59.5. The van der Waals surface area contributed by atoms with Crippen LogP contribution in [-0.4, -0.2) is 42.3 Å². The number of hydrogen-bond acceptors (Lipinski definition) is 0. The maximum atomic E-state index is 3.50. The van der Waals surface area contributed by atoms with Gasteiger partial charge in [-0.25, -0.2) is 12.1 Å². The first-order valence-electron chi connectivity index (χ1n) is 4.35. The third-order valence-corrected chi connectivity index (χ3v) is 0.556.